The summed E-state index contributed by atoms with van der Waals surface area (Å²) < 4.78 is 6.14. The van der Waals surface area contributed by atoms with E-state index in [0.717, 1.165) is 17.0 Å². The molecule has 1 aliphatic rings. The first-order valence-electron chi connectivity index (χ1n) is 8.98. The third-order valence-electron chi connectivity index (χ3n) is 4.81. The Balaban J connectivity index is 2.09. The topological polar surface area (TPSA) is 84.6 Å². The van der Waals surface area contributed by atoms with Gasteiger partial charge >= 0.3 is 5.69 Å². The first-order valence-corrected chi connectivity index (χ1v) is 8.98. The van der Waals surface area contributed by atoms with Crippen LogP contribution in [0.1, 0.15) is 64.5 Å². The molecule has 27 heavy (non-hydrogen) atoms. The number of hydrogen-bond donors (Lipinski definition) is 2. The monoisotopic (exact) mass is 370 g/mol. The number of phenols is 1. The molecule has 0 saturated heterocycles. The molecule has 0 saturated carbocycles. The number of ether oxygens (including phenoxy) is 1. The van der Waals surface area contributed by atoms with Crippen molar-refractivity contribution < 1.29 is 14.8 Å². The highest BCUT2D eigenvalue weighted by molar-refractivity contribution is 5.69. The number of nitro benzene ring substituents is 1. The van der Waals surface area contributed by atoms with Gasteiger partial charge < -0.3 is 15.2 Å². The van der Waals surface area contributed by atoms with Gasteiger partial charge in [0.2, 0.25) is 12.0 Å². The third kappa shape index (κ3) is 3.44. The number of anilines is 1. The van der Waals surface area contributed by atoms with E-state index in [1.54, 1.807) is 12.1 Å². The second-order valence-electron chi connectivity index (χ2n) is 9.01. The number of nitrogens with one attached hydrogen (secondary N) is 1. The Bertz CT molecular complexity index is 908. The average Bonchev–Trinajstić information content (AvgIpc) is 2.95. The van der Waals surface area contributed by atoms with Crippen LogP contribution in [-0.2, 0) is 10.8 Å². The van der Waals surface area contributed by atoms with Gasteiger partial charge in [0, 0.05) is 11.6 Å². The molecule has 1 atom stereocenters. The molecule has 0 spiro atoms. The molecule has 0 aromatic heterocycles. The van der Waals surface area contributed by atoms with Crippen molar-refractivity contribution in [3.05, 3.63) is 57.1 Å². The summed E-state index contributed by atoms with van der Waals surface area (Å²) in [6.07, 6.45) is -0.684. The Morgan fingerprint density at radius 2 is 1.78 bits per heavy atom. The van der Waals surface area contributed by atoms with Crippen LogP contribution < -0.4 is 10.1 Å². The van der Waals surface area contributed by atoms with Crippen LogP contribution in [0, 0.1) is 10.1 Å². The molecule has 2 aromatic rings. The first-order chi connectivity index (χ1) is 12.4. The quantitative estimate of drug-likeness (QED) is 0.546. The van der Waals surface area contributed by atoms with Crippen LogP contribution in [-0.4, -0.2) is 10.0 Å². The number of phenolic OH excluding ortho intramolecular Hbond substituents is 1. The van der Waals surface area contributed by atoms with Crippen molar-refractivity contribution in [2.24, 2.45) is 0 Å². The molecule has 2 aromatic carbocycles. The molecule has 6 nitrogen and oxygen atoms in total. The molecular formula is C21H26N2O4. The van der Waals surface area contributed by atoms with Gasteiger partial charge in [0.1, 0.15) is 5.75 Å². The van der Waals surface area contributed by atoms with E-state index in [0.29, 0.717) is 5.56 Å². The fraction of sp³-hybridized carbons (Fsp3) is 0.429. The molecule has 0 amide bonds. The number of nitro groups is 1. The highest BCUT2D eigenvalue weighted by atomic mass is 16.6. The smallest absolute Gasteiger partial charge is 0.311 e. The van der Waals surface area contributed by atoms with Gasteiger partial charge in [-0.25, -0.2) is 0 Å². The summed E-state index contributed by atoms with van der Waals surface area (Å²) in [6.45, 7) is 12.8. The zero-order valence-electron chi connectivity index (χ0n) is 16.6. The number of fused-ring (bicyclic) bond motifs is 1. The van der Waals surface area contributed by atoms with Crippen molar-refractivity contribution in [1.29, 1.82) is 0 Å². The molecule has 0 radical (unpaired) electrons. The molecule has 144 valence electrons. The predicted octanol–water partition coefficient (Wildman–Crippen LogP) is 5.40. The van der Waals surface area contributed by atoms with E-state index in [1.165, 1.54) is 11.6 Å². The van der Waals surface area contributed by atoms with E-state index < -0.39 is 11.2 Å². The largest absolute Gasteiger partial charge is 0.502 e. The minimum absolute atomic E-state index is 0.0392. The van der Waals surface area contributed by atoms with E-state index in [9.17, 15) is 15.2 Å². The van der Waals surface area contributed by atoms with E-state index >= 15 is 0 Å². The lowest BCUT2D eigenvalue weighted by Crippen LogP contribution is -2.17. The zero-order valence-corrected chi connectivity index (χ0v) is 16.6. The highest BCUT2D eigenvalue weighted by Gasteiger charge is 2.34. The Labute approximate surface area is 159 Å². The second kappa shape index (κ2) is 6.15. The van der Waals surface area contributed by atoms with Gasteiger partial charge in [0.15, 0.2) is 0 Å². The third-order valence-corrected chi connectivity index (χ3v) is 4.81. The number of para-hydroxylation sites is 1. The molecule has 0 fully saturated rings. The maximum atomic E-state index is 11.1. The van der Waals surface area contributed by atoms with Gasteiger partial charge in [-0.3, -0.25) is 10.1 Å². The Hall–Kier alpha value is -2.76. The second-order valence-corrected chi connectivity index (χ2v) is 9.01. The minimum Gasteiger partial charge on any atom is -0.502 e. The van der Waals surface area contributed by atoms with Crippen LogP contribution in [0.25, 0.3) is 0 Å². The van der Waals surface area contributed by atoms with Crippen molar-refractivity contribution >= 4 is 11.4 Å². The fourth-order valence-corrected chi connectivity index (χ4v) is 3.19. The van der Waals surface area contributed by atoms with Crippen LogP contribution in [0.5, 0.6) is 11.5 Å². The number of nitrogens with zero attached hydrogens (tertiary/aromatic N) is 1. The van der Waals surface area contributed by atoms with Crippen LogP contribution in [0.4, 0.5) is 11.4 Å². The highest BCUT2D eigenvalue weighted by Crippen LogP contribution is 2.48. The summed E-state index contributed by atoms with van der Waals surface area (Å²) in [6, 6.07) is 8.67. The SMILES string of the molecule is CC(C)(C)c1cc2c(c(C(C)(C)C)c1)O[C@@H](c1cccc([N+](=O)[O-])c1O)N2. The first kappa shape index (κ1) is 19.0. The van der Waals surface area contributed by atoms with Gasteiger partial charge in [-0.2, -0.15) is 0 Å². The molecule has 0 bridgehead atoms. The zero-order chi connectivity index (χ0) is 20.1. The summed E-state index contributed by atoms with van der Waals surface area (Å²) in [5.41, 5.74) is 2.90. The minimum atomic E-state index is -0.684. The molecule has 0 unspecified atom stereocenters. The lowest BCUT2D eigenvalue weighted by molar-refractivity contribution is -0.386. The van der Waals surface area contributed by atoms with Crippen LogP contribution in [0.15, 0.2) is 30.3 Å². The predicted molar refractivity (Wildman–Crippen MR) is 106 cm³/mol. The van der Waals surface area contributed by atoms with Gasteiger partial charge in [0.25, 0.3) is 0 Å². The van der Waals surface area contributed by atoms with Crippen molar-refractivity contribution in [3.8, 4) is 11.5 Å². The van der Waals surface area contributed by atoms with Gasteiger partial charge in [0.05, 0.1) is 16.2 Å². The summed E-state index contributed by atoms with van der Waals surface area (Å²) in [5, 5.41) is 24.8. The maximum Gasteiger partial charge on any atom is 0.311 e. The van der Waals surface area contributed by atoms with E-state index in [-0.39, 0.29) is 22.3 Å². The van der Waals surface area contributed by atoms with Gasteiger partial charge in [-0.1, -0.05) is 53.7 Å². The average molecular weight is 370 g/mol. The molecule has 1 aliphatic heterocycles. The lowest BCUT2D eigenvalue weighted by Gasteiger charge is -2.26. The van der Waals surface area contributed by atoms with Gasteiger partial charge in [-0.05, 0) is 28.5 Å². The lowest BCUT2D eigenvalue weighted by atomic mass is 9.80. The normalized spacial score (nSPS) is 16.4. The number of rotatable bonds is 2. The molecule has 6 heteroatoms. The summed E-state index contributed by atoms with van der Waals surface area (Å²) in [4.78, 5) is 10.5. The Kier molecular flexibility index (Phi) is 4.33. The number of hydrogen-bond acceptors (Lipinski definition) is 5. The molecular weight excluding hydrogens is 344 g/mol. The van der Waals surface area contributed by atoms with Crippen molar-refractivity contribution in [3.63, 3.8) is 0 Å². The van der Waals surface area contributed by atoms with E-state index in [1.807, 2.05) is 0 Å². The Morgan fingerprint density at radius 1 is 1.11 bits per heavy atom. The van der Waals surface area contributed by atoms with Crippen molar-refractivity contribution in [2.45, 2.75) is 58.6 Å². The summed E-state index contributed by atoms with van der Waals surface area (Å²) >= 11 is 0. The maximum absolute atomic E-state index is 11.1. The molecule has 1 heterocycles. The Morgan fingerprint density at radius 3 is 2.33 bits per heavy atom. The van der Waals surface area contributed by atoms with Crippen molar-refractivity contribution in [1.82, 2.24) is 0 Å². The van der Waals surface area contributed by atoms with E-state index in [2.05, 4.69) is 59.0 Å². The van der Waals surface area contributed by atoms with Crippen LogP contribution >= 0.6 is 0 Å². The van der Waals surface area contributed by atoms with Gasteiger partial charge in [-0.15, -0.1) is 0 Å². The molecule has 3 rings (SSSR count). The summed E-state index contributed by atoms with van der Waals surface area (Å²) in [5.74, 6) is 0.354. The standard InChI is InChI=1S/C21H26N2O4/c1-20(2,3)12-10-14(21(4,5)6)18-15(11-12)22-19(27-18)13-8-7-9-16(17(13)24)23(25)26/h7-11,19,22,24H,1-6H3/t19-/m0/s1. The van der Waals surface area contributed by atoms with Crippen LogP contribution in [0.3, 0.4) is 0 Å². The molecule has 2 N–H and O–H groups in total. The number of aromatic hydroxyl groups is 1. The summed E-state index contributed by atoms with van der Waals surface area (Å²) in [7, 11) is 0. The number of benzene rings is 2. The van der Waals surface area contributed by atoms with Crippen molar-refractivity contribution in [2.75, 3.05) is 5.32 Å². The fourth-order valence-electron chi connectivity index (χ4n) is 3.19. The molecule has 0 aliphatic carbocycles. The van der Waals surface area contributed by atoms with E-state index in [4.69, 9.17) is 4.74 Å². The van der Waals surface area contributed by atoms with Crippen LogP contribution in [0.2, 0.25) is 0 Å².